The summed E-state index contributed by atoms with van der Waals surface area (Å²) in [4.78, 5) is 10.5. The molecule has 0 unspecified atom stereocenters. The lowest BCUT2D eigenvalue weighted by molar-refractivity contribution is 0.0738. The maximum absolute atomic E-state index is 9.89. The lowest BCUT2D eigenvalue weighted by Gasteiger charge is -2.21. The van der Waals surface area contributed by atoms with Crippen LogP contribution in [0, 0.1) is 0 Å². The van der Waals surface area contributed by atoms with E-state index >= 15 is 0 Å². The summed E-state index contributed by atoms with van der Waals surface area (Å²) in [6, 6.07) is 1.74. The van der Waals surface area contributed by atoms with Crippen molar-refractivity contribution in [3.05, 3.63) is 18.0 Å². The molecular weight excluding hydrogens is 216 g/mol. The first kappa shape index (κ1) is 13.9. The molecule has 1 rings (SSSR count). The first-order valence-electron chi connectivity index (χ1n) is 5.93. The Morgan fingerprint density at radius 1 is 1.47 bits per heavy atom. The minimum atomic E-state index is -0.930. The minimum absolute atomic E-state index is 0.637. The number of hydrogen-bond donors (Lipinski definition) is 2. The maximum Gasteiger partial charge on any atom is 0.225 e. The van der Waals surface area contributed by atoms with Crippen LogP contribution < -0.4 is 10.2 Å². The molecule has 1 aromatic rings. The summed E-state index contributed by atoms with van der Waals surface area (Å²) in [6.45, 7) is 8.20. The summed E-state index contributed by atoms with van der Waals surface area (Å²) in [6.07, 6.45) is 1.68. The molecule has 0 atom stereocenters. The van der Waals surface area contributed by atoms with Crippen molar-refractivity contribution in [2.45, 2.75) is 26.4 Å². The van der Waals surface area contributed by atoms with Gasteiger partial charge < -0.3 is 15.3 Å². The first-order valence-corrected chi connectivity index (χ1v) is 5.93. The molecule has 0 spiro atoms. The minimum Gasteiger partial charge on any atom is -0.384 e. The van der Waals surface area contributed by atoms with Crippen LogP contribution >= 0.6 is 0 Å². The molecule has 0 saturated carbocycles. The fourth-order valence-corrected chi connectivity index (χ4v) is 1.40. The molecule has 17 heavy (non-hydrogen) atoms. The molecular formula is C12H22N4O. The Bertz CT molecular complexity index is 349. The summed E-state index contributed by atoms with van der Waals surface area (Å²) < 4.78 is 0. The van der Waals surface area contributed by atoms with E-state index < -0.39 is 5.60 Å². The average Bonchev–Trinajstić information content (AvgIpc) is 2.28. The summed E-state index contributed by atoms with van der Waals surface area (Å²) in [5.74, 6) is 0.641. The number of nitrogens with zero attached hydrogens (tertiary/aromatic N) is 3. The molecule has 0 amide bonds. The highest BCUT2D eigenvalue weighted by atomic mass is 16.3. The predicted octanol–water partition coefficient (Wildman–Crippen LogP) is 0.750. The molecule has 0 saturated heterocycles. The summed E-state index contributed by atoms with van der Waals surface area (Å²) in [5, 5.41) is 13.1. The van der Waals surface area contributed by atoms with Crippen molar-refractivity contribution < 1.29 is 5.11 Å². The number of hydrogen-bond acceptors (Lipinski definition) is 5. The Balaban J connectivity index is 2.71. The van der Waals surface area contributed by atoms with Gasteiger partial charge in [0.1, 0.15) is 5.60 Å². The summed E-state index contributed by atoms with van der Waals surface area (Å²) in [7, 11) is 1.95. The van der Waals surface area contributed by atoms with Gasteiger partial charge in [-0.3, -0.25) is 0 Å². The molecule has 0 bridgehead atoms. The number of rotatable bonds is 6. The van der Waals surface area contributed by atoms with Gasteiger partial charge in [-0.1, -0.05) is 6.92 Å². The van der Waals surface area contributed by atoms with Crippen LogP contribution in [0.1, 0.15) is 26.5 Å². The molecule has 1 aromatic heterocycles. The number of aromatic nitrogens is 2. The van der Waals surface area contributed by atoms with Gasteiger partial charge in [0.05, 0.1) is 5.69 Å². The number of likely N-dealkylation sites (N-methyl/N-ethyl adjacent to an activating group) is 2. The lowest BCUT2D eigenvalue weighted by atomic mass is 10.1. The third-order valence-electron chi connectivity index (χ3n) is 2.49. The van der Waals surface area contributed by atoms with Gasteiger partial charge in [0, 0.05) is 26.3 Å². The second-order valence-corrected chi connectivity index (χ2v) is 4.58. The van der Waals surface area contributed by atoms with Gasteiger partial charge in [0.15, 0.2) is 0 Å². The van der Waals surface area contributed by atoms with Gasteiger partial charge in [0.2, 0.25) is 5.95 Å². The van der Waals surface area contributed by atoms with Crippen molar-refractivity contribution in [2.75, 3.05) is 31.6 Å². The zero-order valence-corrected chi connectivity index (χ0v) is 11.1. The predicted molar refractivity (Wildman–Crippen MR) is 69.1 cm³/mol. The van der Waals surface area contributed by atoms with Crippen LogP contribution in [0.5, 0.6) is 0 Å². The van der Waals surface area contributed by atoms with E-state index in [1.54, 1.807) is 26.1 Å². The van der Waals surface area contributed by atoms with Gasteiger partial charge in [-0.15, -0.1) is 0 Å². The Morgan fingerprint density at radius 3 is 2.76 bits per heavy atom. The van der Waals surface area contributed by atoms with Gasteiger partial charge in [0.25, 0.3) is 0 Å². The van der Waals surface area contributed by atoms with E-state index in [-0.39, 0.29) is 0 Å². The highest BCUT2D eigenvalue weighted by molar-refractivity contribution is 5.30. The molecule has 96 valence electrons. The van der Waals surface area contributed by atoms with Crippen molar-refractivity contribution in [3.63, 3.8) is 0 Å². The van der Waals surface area contributed by atoms with E-state index in [0.29, 0.717) is 11.6 Å². The molecule has 0 aliphatic heterocycles. The second-order valence-electron chi connectivity index (χ2n) is 4.58. The zero-order chi connectivity index (χ0) is 12.9. The third-order valence-corrected chi connectivity index (χ3v) is 2.49. The van der Waals surface area contributed by atoms with Crippen molar-refractivity contribution in [2.24, 2.45) is 0 Å². The SMILES string of the molecule is CCNCCN(C)c1nccc(C(C)(C)O)n1. The van der Waals surface area contributed by atoms with E-state index in [1.165, 1.54) is 0 Å². The normalized spacial score (nSPS) is 11.6. The molecule has 0 aromatic carbocycles. The van der Waals surface area contributed by atoms with E-state index in [9.17, 15) is 5.11 Å². The molecule has 2 N–H and O–H groups in total. The van der Waals surface area contributed by atoms with Crippen LogP contribution in [0.4, 0.5) is 5.95 Å². The topological polar surface area (TPSA) is 61.3 Å². The number of aliphatic hydroxyl groups is 1. The fraction of sp³-hybridized carbons (Fsp3) is 0.667. The van der Waals surface area contributed by atoms with Gasteiger partial charge in [-0.25, -0.2) is 9.97 Å². The molecule has 5 heteroatoms. The smallest absolute Gasteiger partial charge is 0.225 e. The fourth-order valence-electron chi connectivity index (χ4n) is 1.40. The van der Waals surface area contributed by atoms with Gasteiger partial charge in [-0.2, -0.15) is 0 Å². The first-order chi connectivity index (χ1) is 7.95. The van der Waals surface area contributed by atoms with E-state index in [1.807, 2.05) is 11.9 Å². The molecule has 0 radical (unpaired) electrons. The van der Waals surface area contributed by atoms with Crippen molar-refractivity contribution in [3.8, 4) is 0 Å². The van der Waals surface area contributed by atoms with E-state index in [4.69, 9.17) is 0 Å². The van der Waals surface area contributed by atoms with Crippen molar-refractivity contribution >= 4 is 5.95 Å². The van der Waals surface area contributed by atoms with Gasteiger partial charge >= 0.3 is 0 Å². The Labute approximate surface area is 103 Å². The van der Waals surface area contributed by atoms with Crippen molar-refractivity contribution in [1.29, 1.82) is 0 Å². The summed E-state index contributed by atoms with van der Waals surface area (Å²) >= 11 is 0. The highest BCUT2D eigenvalue weighted by Crippen LogP contribution is 2.18. The van der Waals surface area contributed by atoms with Crippen LogP contribution in [-0.4, -0.2) is 41.8 Å². The Morgan fingerprint density at radius 2 is 2.18 bits per heavy atom. The number of anilines is 1. The monoisotopic (exact) mass is 238 g/mol. The maximum atomic E-state index is 9.89. The van der Waals surface area contributed by atoms with Crippen molar-refractivity contribution in [1.82, 2.24) is 15.3 Å². The molecule has 0 aliphatic rings. The quantitative estimate of drug-likeness (QED) is 0.716. The van der Waals surface area contributed by atoms with Crippen LogP contribution in [0.25, 0.3) is 0 Å². The molecule has 1 heterocycles. The number of nitrogens with one attached hydrogen (secondary N) is 1. The van der Waals surface area contributed by atoms with E-state index in [0.717, 1.165) is 19.6 Å². The Hall–Kier alpha value is -1.20. The van der Waals surface area contributed by atoms with Crippen LogP contribution in [0.3, 0.4) is 0 Å². The molecule has 5 nitrogen and oxygen atoms in total. The highest BCUT2D eigenvalue weighted by Gasteiger charge is 2.18. The zero-order valence-electron chi connectivity index (χ0n) is 11.1. The average molecular weight is 238 g/mol. The standard InChI is InChI=1S/C12H22N4O/c1-5-13-8-9-16(4)11-14-7-6-10(15-11)12(2,3)17/h6-7,13,17H,5,8-9H2,1-4H3. The van der Waals surface area contributed by atoms with Gasteiger partial charge in [-0.05, 0) is 26.5 Å². The molecule has 0 aliphatic carbocycles. The van der Waals surface area contributed by atoms with Crippen LogP contribution in [-0.2, 0) is 5.60 Å². The van der Waals surface area contributed by atoms with Crippen LogP contribution in [0.2, 0.25) is 0 Å². The second kappa shape index (κ2) is 5.93. The summed E-state index contributed by atoms with van der Waals surface area (Å²) in [5.41, 5.74) is -0.294. The molecule has 0 fully saturated rings. The third kappa shape index (κ3) is 4.28. The van der Waals surface area contributed by atoms with Crippen LogP contribution in [0.15, 0.2) is 12.3 Å². The lowest BCUT2D eigenvalue weighted by Crippen LogP contribution is -2.30. The largest absolute Gasteiger partial charge is 0.384 e. The Kier molecular flexibility index (Phi) is 4.84. The van der Waals surface area contributed by atoms with E-state index in [2.05, 4.69) is 22.2 Å².